The molecule has 0 fully saturated rings. The summed E-state index contributed by atoms with van der Waals surface area (Å²) in [5.41, 5.74) is 13.6. The molecule has 8 aromatic carbocycles. The summed E-state index contributed by atoms with van der Waals surface area (Å²) in [7, 11) is 0. The van der Waals surface area contributed by atoms with Crippen LogP contribution in [0.4, 0.5) is 0 Å². The highest BCUT2D eigenvalue weighted by atomic mass is 15.0. The maximum absolute atomic E-state index is 5.18. The topological polar surface area (TPSA) is 90.2 Å². The standard InChI is InChI=1S/C59H39N7/c1-5-18-40(19-6-1)44-26-15-28-47(36-44)57-62-54(41-20-7-2-8-21-41)63-58(64-57)48-29-16-27-46(37-48)53-38-45(49-30-17-35-60-39-49)33-34-51(53)50-31-13-14-32-52(50)59-65-55(42-22-9-3-10-23-42)61-56(66-59)43-24-11-4-12-25-43/h1-39H. The summed E-state index contributed by atoms with van der Waals surface area (Å²) in [6, 6.07) is 76.4. The van der Waals surface area contributed by atoms with Crippen molar-refractivity contribution < 1.29 is 0 Å². The van der Waals surface area contributed by atoms with Gasteiger partial charge in [0.15, 0.2) is 34.9 Å². The second-order valence-corrected chi connectivity index (χ2v) is 15.8. The van der Waals surface area contributed by atoms with Gasteiger partial charge < -0.3 is 0 Å². The summed E-state index contributed by atoms with van der Waals surface area (Å²) in [4.78, 5) is 35.1. The van der Waals surface area contributed by atoms with Crippen LogP contribution < -0.4 is 0 Å². The molecule has 0 saturated carbocycles. The molecular formula is C59H39N7. The van der Waals surface area contributed by atoms with Crippen LogP contribution in [-0.2, 0) is 0 Å². The number of hydrogen-bond donors (Lipinski definition) is 0. The summed E-state index contributed by atoms with van der Waals surface area (Å²) in [5.74, 6) is 3.55. The van der Waals surface area contributed by atoms with E-state index in [1.807, 2.05) is 115 Å². The van der Waals surface area contributed by atoms with Crippen molar-refractivity contribution in [3.8, 4) is 113 Å². The second kappa shape index (κ2) is 18.0. The number of pyridine rings is 1. The molecule has 0 aliphatic rings. The largest absolute Gasteiger partial charge is 0.264 e. The van der Waals surface area contributed by atoms with Crippen LogP contribution in [0.5, 0.6) is 0 Å². The van der Waals surface area contributed by atoms with Crippen LogP contribution in [0.25, 0.3) is 113 Å². The van der Waals surface area contributed by atoms with Gasteiger partial charge in [0, 0.05) is 51.3 Å². The first kappa shape index (κ1) is 39.8. The molecule has 0 saturated heterocycles. The number of nitrogens with zero attached hydrogens (tertiary/aromatic N) is 7. The summed E-state index contributed by atoms with van der Waals surface area (Å²) in [6.07, 6.45) is 3.69. The number of benzene rings is 8. The van der Waals surface area contributed by atoms with E-state index in [1.54, 1.807) is 6.20 Å². The average molecular weight is 846 g/mol. The van der Waals surface area contributed by atoms with Crippen molar-refractivity contribution in [2.45, 2.75) is 0 Å². The minimum atomic E-state index is 0.572. The minimum absolute atomic E-state index is 0.572. The molecule has 7 nitrogen and oxygen atoms in total. The maximum Gasteiger partial charge on any atom is 0.164 e. The van der Waals surface area contributed by atoms with Crippen LogP contribution in [0, 0.1) is 0 Å². The van der Waals surface area contributed by atoms with Gasteiger partial charge in [0.2, 0.25) is 0 Å². The van der Waals surface area contributed by atoms with Gasteiger partial charge in [-0.15, -0.1) is 0 Å². The van der Waals surface area contributed by atoms with Crippen LogP contribution >= 0.6 is 0 Å². The zero-order valence-electron chi connectivity index (χ0n) is 35.6. The molecular weight excluding hydrogens is 807 g/mol. The maximum atomic E-state index is 5.18. The monoisotopic (exact) mass is 845 g/mol. The van der Waals surface area contributed by atoms with E-state index >= 15 is 0 Å². The zero-order chi connectivity index (χ0) is 44.1. The van der Waals surface area contributed by atoms with Crippen molar-refractivity contribution in [3.05, 3.63) is 237 Å². The van der Waals surface area contributed by atoms with Crippen molar-refractivity contribution in [2.24, 2.45) is 0 Å². The Morgan fingerprint density at radius 3 is 1.11 bits per heavy atom. The highest BCUT2D eigenvalue weighted by Crippen LogP contribution is 2.41. The van der Waals surface area contributed by atoms with Crippen LogP contribution in [0.1, 0.15) is 0 Å². The smallest absolute Gasteiger partial charge is 0.164 e. The molecule has 11 rings (SSSR count). The van der Waals surface area contributed by atoms with E-state index in [4.69, 9.17) is 29.9 Å². The first-order valence-corrected chi connectivity index (χ1v) is 21.8. The predicted octanol–water partition coefficient (Wildman–Crippen LogP) is 14.1. The van der Waals surface area contributed by atoms with E-state index in [0.717, 1.165) is 77.9 Å². The molecule has 0 radical (unpaired) electrons. The van der Waals surface area contributed by atoms with Crippen LogP contribution in [-0.4, -0.2) is 34.9 Å². The van der Waals surface area contributed by atoms with Gasteiger partial charge in [0.1, 0.15) is 0 Å². The summed E-state index contributed by atoms with van der Waals surface area (Å²) < 4.78 is 0. The predicted molar refractivity (Wildman–Crippen MR) is 265 cm³/mol. The van der Waals surface area contributed by atoms with Gasteiger partial charge >= 0.3 is 0 Å². The van der Waals surface area contributed by atoms with E-state index in [-0.39, 0.29) is 0 Å². The Labute approximate surface area is 383 Å². The normalized spacial score (nSPS) is 11.0. The molecule has 3 aromatic heterocycles. The summed E-state index contributed by atoms with van der Waals surface area (Å²) in [6.45, 7) is 0. The van der Waals surface area contributed by atoms with Gasteiger partial charge in [-0.25, -0.2) is 29.9 Å². The quantitative estimate of drug-likeness (QED) is 0.135. The van der Waals surface area contributed by atoms with Crippen LogP contribution in [0.15, 0.2) is 237 Å². The van der Waals surface area contributed by atoms with Gasteiger partial charge in [-0.1, -0.05) is 200 Å². The van der Waals surface area contributed by atoms with E-state index < -0.39 is 0 Å². The molecule has 11 aromatic rings. The van der Waals surface area contributed by atoms with E-state index in [1.165, 1.54) is 0 Å². The van der Waals surface area contributed by atoms with Crippen molar-refractivity contribution in [2.75, 3.05) is 0 Å². The Morgan fingerprint density at radius 2 is 0.576 bits per heavy atom. The van der Waals surface area contributed by atoms with Gasteiger partial charge in [-0.3, -0.25) is 4.98 Å². The molecule has 0 amide bonds. The molecule has 310 valence electrons. The van der Waals surface area contributed by atoms with E-state index in [9.17, 15) is 0 Å². The van der Waals surface area contributed by atoms with E-state index in [2.05, 4.69) is 120 Å². The lowest BCUT2D eigenvalue weighted by Crippen LogP contribution is -2.01. The fourth-order valence-corrected chi connectivity index (χ4v) is 8.22. The minimum Gasteiger partial charge on any atom is -0.264 e. The van der Waals surface area contributed by atoms with Crippen molar-refractivity contribution in [1.29, 1.82) is 0 Å². The average Bonchev–Trinajstić information content (AvgIpc) is 3.42. The molecule has 7 heteroatoms. The van der Waals surface area contributed by atoms with Gasteiger partial charge in [-0.2, -0.15) is 0 Å². The van der Waals surface area contributed by atoms with Crippen molar-refractivity contribution in [1.82, 2.24) is 34.9 Å². The molecule has 0 spiro atoms. The molecule has 3 heterocycles. The highest BCUT2D eigenvalue weighted by Gasteiger charge is 2.20. The van der Waals surface area contributed by atoms with Gasteiger partial charge in [0.05, 0.1) is 0 Å². The highest BCUT2D eigenvalue weighted by molar-refractivity contribution is 5.93. The first-order chi connectivity index (χ1) is 32.7. The molecule has 66 heavy (non-hydrogen) atoms. The first-order valence-electron chi connectivity index (χ1n) is 21.8. The zero-order valence-corrected chi connectivity index (χ0v) is 35.6. The fraction of sp³-hybridized carbons (Fsp3) is 0. The van der Waals surface area contributed by atoms with Gasteiger partial charge in [-0.05, 0) is 63.2 Å². The third-order valence-electron chi connectivity index (χ3n) is 11.5. The van der Waals surface area contributed by atoms with Crippen molar-refractivity contribution >= 4 is 0 Å². The Bertz CT molecular complexity index is 3400. The fourth-order valence-electron chi connectivity index (χ4n) is 8.22. The number of aromatic nitrogens is 7. The third kappa shape index (κ3) is 8.28. The Morgan fingerprint density at radius 1 is 0.197 bits per heavy atom. The lowest BCUT2D eigenvalue weighted by molar-refractivity contribution is 1.07. The van der Waals surface area contributed by atoms with Crippen LogP contribution in [0.2, 0.25) is 0 Å². The Hall–Kier alpha value is -9.07. The molecule has 0 bridgehead atoms. The Balaban J connectivity index is 1.08. The number of rotatable bonds is 10. The molecule has 0 aliphatic carbocycles. The lowest BCUT2D eigenvalue weighted by atomic mass is 9.88. The van der Waals surface area contributed by atoms with E-state index in [0.29, 0.717) is 34.9 Å². The Kier molecular flexibility index (Phi) is 10.8. The number of hydrogen-bond acceptors (Lipinski definition) is 7. The lowest BCUT2D eigenvalue weighted by Gasteiger charge is -2.17. The van der Waals surface area contributed by atoms with Crippen molar-refractivity contribution in [3.63, 3.8) is 0 Å². The van der Waals surface area contributed by atoms with Gasteiger partial charge in [0.25, 0.3) is 0 Å². The summed E-state index contributed by atoms with van der Waals surface area (Å²) in [5, 5.41) is 0. The summed E-state index contributed by atoms with van der Waals surface area (Å²) >= 11 is 0. The molecule has 0 unspecified atom stereocenters. The second-order valence-electron chi connectivity index (χ2n) is 15.8. The molecule has 0 aliphatic heterocycles. The molecule has 0 atom stereocenters. The van der Waals surface area contributed by atoms with Crippen LogP contribution in [0.3, 0.4) is 0 Å². The molecule has 0 N–H and O–H groups in total. The third-order valence-corrected chi connectivity index (χ3v) is 11.5. The SMILES string of the molecule is c1ccc(-c2cccc(-c3nc(-c4ccccc4)nc(-c4cccc(-c5cc(-c6cccnc6)ccc5-c5ccccc5-c5nc(-c6ccccc6)nc(-c6ccccc6)n5)c4)n3)c2)cc1.